The second-order valence-corrected chi connectivity index (χ2v) is 6.40. The highest BCUT2D eigenvalue weighted by Crippen LogP contribution is 2.32. The van der Waals surface area contributed by atoms with Gasteiger partial charge in [0.2, 0.25) is 0 Å². The molecule has 1 amide bonds. The normalized spacial score (nSPS) is 16.5. The van der Waals surface area contributed by atoms with Crippen LogP contribution in [0.5, 0.6) is 0 Å². The van der Waals surface area contributed by atoms with Crippen LogP contribution in [0.15, 0.2) is 37.1 Å². The van der Waals surface area contributed by atoms with E-state index in [1.165, 1.54) is 4.90 Å². The van der Waals surface area contributed by atoms with Crippen molar-refractivity contribution in [3.63, 3.8) is 0 Å². The van der Waals surface area contributed by atoms with Crippen LogP contribution in [0.2, 0.25) is 0 Å². The van der Waals surface area contributed by atoms with Crippen LogP contribution < -0.4 is 4.90 Å². The van der Waals surface area contributed by atoms with E-state index in [1.807, 2.05) is 11.0 Å². The van der Waals surface area contributed by atoms with Gasteiger partial charge >= 0.3 is 5.97 Å². The van der Waals surface area contributed by atoms with Gasteiger partial charge in [-0.2, -0.15) is 0 Å². The molecule has 1 N–H and O–H groups in total. The summed E-state index contributed by atoms with van der Waals surface area (Å²) < 4.78 is 1.68. The van der Waals surface area contributed by atoms with Crippen molar-refractivity contribution in [2.75, 3.05) is 32.1 Å². The lowest BCUT2D eigenvalue weighted by Crippen LogP contribution is -2.51. The van der Waals surface area contributed by atoms with Crippen LogP contribution in [0.1, 0.15) is 23.2 Å². The molecule has 3 rings (SSSR count). The molecule has 0 aromatic carbocycles. The average molecular weight is 343 g/mol. The highest BCUT2D eigenvalue weighted by Gasteiger charge is 2.43. The second-order valence-electron chi connectivity index (χ2n) is 6.40. The summed E-state index contributed by atoms with van der Waals surface area (Å²) in [5.41, 5.74) is -0.433. The first-order valence-corrected chi connectivity index (χ1v) is 8.08. The third kappa shape index (κ3) is 3.07. The lowest BCUT2D eigenvalue weighted by atomic mass is 9.87. The molecule has 25 heavy (non-hydrogen) atoms. The number of rotatable bonds is 4. The average Bonchev–Trinajstić information content (AvgIpc) is 3.16. The summed E-state index contributed by atoms with van der Waals surface area (Å²) in [5, 5.41) is 9.74. The van der Waals surface area contributed by atoms with E-state index in [9.17, 15) is 14.7 Å². The predicted molar refractivity (Wildman–Crippen MR) is 91.5 cm³/mol. The van der Waals surface area contributed by atoms with Crippen LogP contribution in [-0.2, 0) is 10.3 Å². The fourth-order valence-corrected chi connectivity index (χ4v) is 3.16. The van der Waals surface area contributed by atoms with Crippen molar-refractivity contribution in [3.05, 3.63) is 42.6 Å². The van der Waals surface area contributed by atoms with E-state index in [0.717, 1.165) is 5.82 Å². The van der Waals surface area contributed by atoms with Gasteiger partial charge in [-0.15, -0.1) is 0 Å². The van der Waals surface area contributed by atoms with Crippen molar-refractivity contribution < 1.29 is 14.7 Å². The number of amides is 1. The molecule has 2 aromatic heterocycles. The Morgan fingerprint density at radius 1 is 1.24 bits per heavy atom. The summed E-state index contributed by atoms with van der Waals surface area (Å²) in [4.78, 5) is 35.7. The Bertz CT molecular complexity index is 747. The minimum Gasteiger partial charge on any atom is -0.479 e. The van der Waals surface area contributed by atoms with E-state index in [-0.39, 0.29) is 5.91 Å². The van der Waals surface area contributed by atoms with Gasteiger partial charge in [-0.05, 0) is 25.0 Å². The van der Waals surface area contributed by atoms with Gasteiger partial charge in [0.1, 0.15) is 11.4 Å². The quantitative estimate of drug-likeness (QED) is 0.892. The van der Waals surface area contributed by atoms with Gasteiger partial charge < -0.3 is 19.5 Å². The zero-order valence-corrected chi connectivity index (χ0v) is 14.3. The fraction of sp³-hybridized carbons (Fsp3) is 0.412. The van der Waals surface area contributed by atoms with Gasteiger partial charge in [0.15, 0.2) is 0 Å². The number of carbonyl (C=O) groups excluding carboxylic acids is 1. The number of hydrogen-bond acceptors (Lipinski definition) is 5. The van der Waals surface area contributed by atoms with Gasteiger partial charge in [-0.3, -0.25) is 4.79 Å². The zero-order valence-electron chi connectivity index (χ0n) is 14.3. The maximum Gasteiger partial charge on any atom is 0.330 e. The molecule has 0 saturated carbocycles. The predicted octanol–water partition coefficient (Wildman–Crippen LogP) is 1.06. The molecule has 1 aliphatic rings. The lowest BCUT2D eigenvalue weighted by molar-refractivity contribution is -0.148. The van der Waals surface area contributed by atoms with E-state index in [0.29, 0.717) is 31.5 Å². The minimum atomic E-state index is -0.964. The van der Waals surface area contributed by atoms with Crippen molar-refractivity contribution in [1.82, 2.24) is 19.4 Å². The molecule has 1 aliphatic heterocycles. The Kier molecular flexibility index (Phi) is 4.43. The fourth-order valence-electron chi connectivity index (χ4n) is 3.16. The highest BCUT2D eigenvalue weighted by atomic mass is 16.4. The molecule has 8 heteroatoms. The number of hydrogen-bond donors (Lipinski definition) is 1. The number of piperidine rings is 1. The third-order valence-electron chi connectivity index (χ3n) is 4.71. The summed E-state index contributed by atoms with van der Waals surface area (Å²) in [7, 11) is 3.39. The molecule has 0 bridgehead atoms. The summed E-state index contributed by atoms with van der Waals surface area (Å²) in [6, 6.07) is 3.56. The number of anilines is 1. The molecule has 0 radical (unpaired) electrons. The number of carbonyl (C=O) groups is 2. The summed E-state index contributed by atoms with van der Waals surface area (Å²) >= 11 is 0. The molecule has 0 atom stereocenters. The molecule has 0 spiro atoms. The van der Waals surface area contributed by atoms with Crippen LogP contribution in [0.25, 0.3) is 0 Å². The maximum absolute atomic E-state index is 11.9. The molecule has 3 heterocycles. The SMILES string of the molecule is CN(C)C(=O)c1ccc(N2CCC(C(=O)O)(n3ccnc3)CC2)nc1. The summed E-state index contributed by atoms with van der Waals surface area (Å²) in [6.45, 7) is 1.14. The van der Waals surface area contributed by atoms with Gasteiger partial charge in [0.05, 0.1) is 11.9 Å². The van der Waals surface area contributed by atoms with E-state index in [4.69, 9.17) is 0 Å². The third-order valence-corrected chi connectivity index (χ3v) is 4.71. The smallest absolute Gasteiger partial charge is 0.330 e. The van der Waals surface area contributed by atoms with Crippen molar-refractivity contribution in [2.45, 2.75) is 18.4 Å². The Hall–Kier alpha value is -2.90. The topological polar surface area (TPSA) is 91.6 Å². The van der Waals surface area contributed by atoms with Gasteiger partial charge in [0.25, 0.3) is 5.91 Å². The van der Waals surface area contributed by atoms with Gasteiger partial charge in [-0.25, -0.2) is 14.8 Å². The van der Waals surface area contributed by atoms with Crippen molar-refractivity contribution >= 4 is 17.7 Å². The molecule has 1 fully saturated rings. The molecule has 8 nitrogen and oxygen atoms in total. The molecular formula is C17H21N5O3. The second kappa shape index (κ2) is 6.54. The van der Waals surface area contributed by atoms with E-state index >= 15 is 0 Å². The first kappa shape index (κ1) is 16.9. The standard InChI is InChI=1S/C17H21N5O3/c1-20(2)15(23)13-3-4-14(19-11-13)21-8-5-17(6-9-21,16(24)25)22-10-7-18-12-22/h3-4,7,10-12H,5-6,8-9H2,1-2H3,(H,24,25). The van der Waals surface area contributed by atoms with Crippen LogP contribution in [0, 0.1) is 0 Å². The molecular weight excluding hydrogens is 322 g/mol. The van der Waals surface area contributed by atoms with Crippen LogP contribution in [0.3, 0.4) is 0 Å². The molecule has 2 aromatic rings. The number of imidazole rings is 1. The van der Waals surface area contributed by atoms with Crippen LogP contribution >= 0.6 is 0 Å². The Balaban J connectivity index is 1.74. The number of carboxylic acid groups (broad SMARTS) is 1. The lowest BCUT2D eigenvalue weighted by Gasteiger charge is -2.40. The molecule has 1 saturated heterocycles. The highest BCUT2D eigenvalue weighted by molar-refractivity contribution is 5.93. The van der Waals surface area contributed by atoms with E-state index in [1.54, 1.807) is 49.6 Å². The molecule has 132 valence electrons. The Morgan fingerprint density at radius 3 is 2.44 bits per heavy atom. The number of pyridine rings is 1. The van der Waals surface area contributed by atoms with E-state index < -0.39 is 11.5 Å². The number of carboxylic acids is 1. The summed E-state index contributed by atoms with van der Waals surface area (Å²) in [5.74, 6) is -0.187. The maximum atomic E-state index is 11.9. The Labute approximate surface area is 145 Å². The Morgan fingerprint density at radius 2 is 1.96 bits per heavy atom. The largest absolute Gasteiger partial charge is 0.479 e. The van der Waals surface area contributed by atoms with Crippen LogP contribution in [0.4, 0.5) is 5.82 Å². The number of aliphatic carboxylic acids is 1. The van der Waals surface area contributed by atoms with Crippen molar-refractivity contribution in [2.24, 2.45) is 0 Å². The first-order chi connectivity index (χ1) is 11.9. The monoisotopic (exact) mass is 343 g/mol. The van der Waals surface area contributed by atoms with Crippen molar-refractivity contribution in [1.29, 1.82) is 0 Å². The van der Waals surface area contributed by atoms with Gasteiger partial charge in [0, 0.05) is 45.8 Å². The molecule has 0 unspecified atom stereocenters. The minimum absolute atomic E-state index is 0.0947. The summed E-state index contributed by atoms with van der Waals surface area (Å²) in [6.07, 6.45) is 7.33. The first-order valence-electron chi connectivity index (χ1n) is 8.08. The van der Waals surface area contributed by atoms with Gasteiger partial charge in [-0.1, -0.05) is 0 Å². The molecule has 0 aliphatic carbocycles. The number of aromatic nitrogens is 3. The number of nitrogens with zero attached hydrogens (tertiary/aromatic N) is 5. The van der Waals surface area contributed by atoms with Crippen LogP contribution in [-0.4, -0.2) is 63.6 Å². The van der Waals surface area contributed by atoms with Crippen molar-refractivity contribution in [3.8, 4) is 0 Å². The van der Waals surface area contributed by atoms with E-state index in [2.05, 4.69) is 9.97 Å². The zero-order chi connectivity index (χ0) is 18.0.